The van der Waals surface area contributed by atoms with Gasteiger partial charge in [0, 0.05) is 18.3 Å². The largest absolute Gasteiger partial charge is 0.463 e. The van der Waals surface area contributed by atoms with Gasteiger partial charge < -0.3 is 9.73 Å². The number of nitrogens with one attached hydrogen (secondary N) is 1. The van der Waals surface area contributed by atoms with Gasteiger partial charge in [0.15, 0.2) is 5.76 Å². The number of amides is 1. The Labute approximate surface area is 161 Å². The summed E-state index contributed by atoms with van der Waals surface area (Å²) < 4.78 is 18.3. The molecule has 0 aliphatic rings. The number of halogens is 1. The predicted octanol–water partition coefficient (Wildman–Crippen LogP) is 5.08. The van der Waals surface area contributed by atoms with E-state index in [9.17, 15) is 9.18 Å². The summed E-state index contributed by atoms with van der Waals surface area (Å²) in [6.45, 7) is 0.379. The zero-order valence-electron chi connectivity index (χ0n) is 14.9. The van der Waals surface area contributed by atoms with E-state index in [1.165, 1.54) is 12.1 Å². The van der Waals surface area contributed by atoms with Crippen molar-refractivity contribution in [2.24, 2.45) is 0 Å². The van der Waals surface area contributed by atoms with Crippen LogP contribution in [0.2, 0.25) is 0 Å². The van der Waals surface area contributed by atoms with Crippen LogP contribution in [0, 0.1) is 5.82 Å². The Balaban J connectivity index is 1.37. The molecule has 2 aromatic heterocycles. The first kappa shape index (κ1) is 17.7. The van der Waals surface area contributed by atoms with Crippen LogP contribution in [-0.2, 0) is 6.54 Å². The molecule has 1 amide bonds. The molecule has 138 valence electrons. The summed E-state index contributed by atoms with van der Waals surface area (Å²) in [6, 6.07) is 20.9. The number of furan rings is 1. The molecule has 4 nitrogen and oxygen atoms in total. The lowest BCUT2D eigenvalue weighted by Gasteiger charge is -2.07. The van der Waals surface area contributed by atoms with E-state index >= 15 is 0 Å². The molecule has 0 aliphatic carbocycles. The summed E-state index contributed by atoms with van der Waals surface area (Å²) in [7, 11) is 0. The van der Waals surface area contributed by atoms with Crippen LogP contribution in [0.25, 0.3) is 22.6 Å². The van der Waals surface area contributed by atoms with Gasteiger partial charge in [0.2, 0.25) is 0 Å². The number of rotatable bonds is 5. The topological polar surface area (TPSA) is 55.1 Å². The number of aromatic nitrogens is 1. The summed E-state index contributed by atoms with van der Waals surface area (Å²) in [5, 5.41) is 2.88. The smallest absolute Gasteiger partial charge is 0.251 e. The van der Waals surface area contributed by atoms with Gasteiger partial charge in [-0.3, -0.25) is 9.78 Å². The first-order valence-electron chi connectivity index (χ1n) is 8.82. The monoisotopic (exact) mass is 372 g/mol. The average Bonchev–Trinajstić information content (AvgIpc) is 3.28. The zero-order chi connectivity index (χ0) is 19.3. The van der Waals surface area contributed by atoms with Gasteiger partial charge in [0.25, 0.3) is 5.91 Å². The third kappa shape index (κ3) is 3.99. The van der Waals surface area contributed by atoms with Crippen molar-refractivity contribution in [3.63, 3.8) is 0 Å². The van der Waals surface area contributed by atoms with Crippen LogP contribution in [0.15, 0.2) is 89.7 Å². The molecular formula is C23H17FN2O2. The van der Waals surface area contributed by atoms with Crippen LogP contribution in [0.3, 0.4) is 0 Å². The van der Waals surface area contributed by atoms with Gasteiger partial charge >= 0.3 is 0 Å². The minimum absolute atomic E-state index is 0.166. The van der Waals surface area contributed by atoms with Crippen LogP contribution in [0.4, 0.5) is 4.39 Å². The molecule has 0 fully saturated rings. The van der Waals surface area contributed by atoms with E-state index in [0.717, 1.165) is 22.4 Å². The van der Waals surface area contributed by atoms with Gasteiger partial charge in [-0.2, -0.15) is 0 Å². The Morgan fingerprint density at radius 3 is 2.25 bits per heavy atom. The van der Waals surface area contributed by atoms with Crippen molar-refractivity contribution in [3.05, 3.63) is 102 Å². The van der Waals surface area contributed by atoms with E-state index in [1.807, 2.05) is 36.4 Å². The first-order chi connectivity index (χ1) is 13.7. The van der Waals surface area contributed by atoms with Crippen LogP contribution in [0.1, 0.15) is 15.9 Å². The molecule has 0 unspecified atom stereocenters. The van der Waals surface area contributed by atoms with E-state index in [1.54, 1.807) is 36.7 Å². The highest BCUT2D eigenvalue weighted by atomic mass is 19.1. The molecule has 0 aliphatic heterocycles. The molecule has 0 atom stereocenters. The molecule has 4 aromatic rings. The lowest BCUT2D eigenvalue weighted by atomic mass is 10.0. The Kier molecular flexibility index (Phi) is 4.97. The van der Waals surface area contributed by atoms with E-state index < -0.39 is 0 Å². The molecule has 28 heavy (non-hydrogen) atoms. The van der Waals surface area contributed by atoms with Crippen molar-refractivity contribution in [1.29, 1.82) is 0 Å². The van der Waals surface area contributed by atoms with E-state index in [2.05, 4.69) is 10.3 Å². The van der Waals surface area contributed by atoms with Crippen molar-refractivity contribution in [2.75, 3.05) is 0 Å². The fourth-order valence-corrected chi connectivity index (χ4v) is 2.84. The number of nitrogens with zero attached hydrogens (tertiary/aromatic N) is 1. The maximum absolute atomic E-state index is 13.0. The highest BCUT2D eigenvalue weighted by molar-refractivity contribution is 5.94. The molecule has 2 aromatic carbocycles. The standard InChI is InChI=1S/C23H17FN2O2/c24-20-10-8-18(9-11-20)17-4-6-19(7-5-17)23(27)26-15-16-3-12-21(25-14-16)22-2-1-13-28-22/h1-14H,15H2,(H,26,27). The Morgan fingerprint density at radius 1 is 0.929 bits per heavy atom. The minimum Gasteiger partial charge on any atom is -0.463 e. The second kappa shape index (κ2) is 7.88. The molecule has 5 heteroatoms. The lowest BCUT2D eigenvalue weighted by molar-refractivity contribution is 0.0951. The van der Waals surface area contributed by atoms with Crippen LogP contribution >= 0.6 is 0 Å². The lowest BCUT2D eigenvalue weighted by Crippen LogP contribution is -2.22. The average molecular weight is 372 g/mol. The second-order valence-electron chi connectivity index (χ2n) is 6.30. The number of carbonyl (C=O) groups is 1. The predicted molar refractivity (Wildman–Crippen MR) is 105 cm³/mol. The molecular weight excluding hydrogens is 355 g/mol. The number of benzene rings is 2. The second-order valence-corrected chi connectivity index (χ2v) is 6.30. The number of pyridine rings is 1. The number of hydrogen-bond acceptors (Lipinski definition) is 3. The molecule has 0 spiro atoms. The zero-order valence-corrected chi connectivity index (χ0v) is 14.9. The van der Waals surface area contributed by atoms with Crippen LogP contribution < -0.4 is 5.32 Å². The maximum atomic E-state index is 13.0. The molecule has 0 saturated heterocycles. The molecule has 2 heterocycles. The Morgan fingerprint density at radius 2 is 1.64 bits per heavy atom. The third-order valence-electron chi connectivity index (χ3n) is 4.38. The Hall–Kier alpha value is -3.73. The highest BCUT2D eigenvalue weighted by Gasteiger charge is 2.07. The van der Waals surface area contributed by atoms with Crippen LogP contribution in [-0.4, -0.2) is 10.9 Å². The Bertz CT molecular complexity index is 1060. The number of carbonyl (C=O) groups excluding carboxylic acids is 1. The normalized spacial score (nSPS) is 10.6. The van der Waals surface area contributed by atoms with Crippen molar-refractivity contribution in [3.8, 4) is 22.6 Å². The first-order valence-corrected chi connectivity index (χ1v) is 8.82. The van der Waals surface area contributed by atoms with E-state index in [-0.39, 0.29) is 11.7 Å². The SMILES string of the molecule is O=C(NCc1ccc(-c2ccco2)nc1)c1ccc(-c2ccc(F)cc2)cc1. The molecule has 1 N–H and O–H groups in total. The van der Waals surface area contributed by atoms with Crippen molar-refractivity contribution >= 4 is 5.91 Å². The van der Waals surface area contributed by atoms with E-state index in [0.29, 0.717) is 17.9 Å². The van der Waals surface area contributed by atoms with Gasteiger partial charge in [-0.25, -0.2) is 4.39 Å². The fraction of sp³-hybridized carbons (Fsp3) is 0.0435. The molecule has 0 saturated carbocycles. The quantitative estimate of drug-likeness (QED) is 0.532. The van der Waals surface area contributed by atoms with Gasteiger partial charge in [-0.15, -0.1) is 0 Å². The molecule has 0 bridgehead atoms. The minimum atomic E-state index is -0.272. The number of hydrogen-bond donors (Lipinski definition) is 1. The fourth-order valence-electron chi connectivity index (χ4n) is 2.84. The van der Waals surface area contributed by atoms with Crippen molar-refractivity contribution < 1.29 is 13.6 Å². The summed E-state index contributed by atoms with van der Waals surface area (Å²) in [5.74, 6) is 0.268. The van der Waals surface area contributed by atoms with Gasteiger partial charge in [-0.1, -0.05) is 30.3 Å². The third-order valence-corrected chi connectivity index (χ3v) is 4.38. The van der Waals surface area contributed by atoms with Crippen LogP contribution in [0.5, 0.6) is 0 Å². The summed E-state index contributed by atoms with van der Waals surface area (Å²) in [6.07, 6.45) is 3.32. The van der Waals surface area contributed by atoms with Gasteiger partial charge in [0.05, 0.1) is 6.26 Å². The van der Waals surface area contributed by atoms with Gasteiger partial charge in [0.1, 0.15) is 11.5 Å². The van der Waals surface area contributed by atoms with Crippen molar-refractivity contribution in [2.45, 2.75) is 6.54 Å². The highest BCUT2D eigenvalue weighted by Crippen LogP contribution is 2.20. The van der Waals surface area contributed by atoms with Gasteiger partial charge in [-0.05, 0) is 59.2 Å². The maximum Gasteiger partial charge on any atom is 0.251 e. The van der Waals surface area contributed by atoms with Crippen molar-refractivity contribution in [1.82, 2.24) is 10.3 Å². The molecule has 4 rings (SSSR count). The molecule has 0 radical (unpaired) electrons. The van der Waals surface area contributed by atoms with E-state index in [4.69, 9.17) is 4.42 Å². The summed E-state index contributed by atoms with van der Waals surface area (Å²) in [4.78, 5) is 16.7. The summed E-state index contributed by atoms with van der Waals surface area (Å²) in [5.41, 5.74) is 4.03. The summed E-state index contributed by atoms with van der Waals surface area (Å²) >= 11 is 0.